The van der Waals surface area contributed by atoms with Crippen molar-refractivity contribution in [1.82, 2.24) is 10.6 Å². The van der Waals surface area contributed by atoms with Crippen LogP contribution in [0.15, 0.2) is 0 Å². The van der Waals surface area contributed by atoms with E-state index < -0.39 is 0 Å². The number of ether oxygens (including phenoxy) is 6. The van der Waals surface area contributed by atoms with Crippen LogP contribution in [0.2, 0.25) is 0 Å². The lowest BCUT2D eigenvalue weighted by Crippen LogP contribution is -2.39. The predicted octanol–water partition coefficient (Wildman–Crippen LogP) is 27.8. The van der Waals surface area contributed by atoms with Crippen LogP contribution in [-0.2, 0) is 28.4 Å². The molecule has 0 aromatic heterocycles. The third-order valence-corrected chi connectivity index (χ3v) is 24.8. The lowest BCUT2D eigenvalue weighted by Gasteiger charge is -2.25. The summed E-state index contributed by atoms with van der Waals surface area (Å²) in [7, 11) is 0. The van der Waals surface area contributed by atoms with Crippen molar-refractivity contribution in [3.63, 3.8) is 0 Å². The van der Waals surface area contributed by atoms with Gasteiger partial charge in [0.25, 0.3) is 0 Å². The maximum absolute atomic E-state index is 6.64. The third kappa shape index (κ3) is 61.5. The number of nitrogens with one attached hydrogen (secondary N) is 2. The molecule has 3 aliphatic carbocycles. The summed E-state index contributed by atoms with van der Waals surface area (Å²) in [6, 6.07) is 1.29. The first kappa shape index (κ1) is 95.9. The van der Waals surface area contributed by atoms with Gasteiger partial charge in [0.05, 0.1) is 25.4 Å². The van der Waals surface area contributed by atoms with E-state index >= 15 is 0 Å². The first-order valence-electron chi connectivity index (χ1n) is 46.8. The Labute approximate surface area is 639 Å². The molecule has 2 unspecified atom stereocenters. The number of hydrogen-bond donors (Lipinski definition) is 2. The highest BCUT2D eigenvalue weighted by Gasteiger charge is 2.25. The van der Waals surface area contributed by atoms with Gasteiger partial charge in [0, 0.05) is 78.0 Å². The molecule has 0 saturated heterocycles. The number of rotatable bonds is 72. The van der Waals surface area contributed by atoms with Crippen molar-refractivity contribution in [2.75, 3.05) is 79.2 Å². The Balaban J connectivity index is 1.09. The van der Waals surface area contributed by atoms with Crippen LogP contribution in [-0.4, -0.2) is 103 Å². The van der Waals surface area contributed by atoms with Gasteiger partial charge in [0.15, 0.2) is 0 Å². The quantitative estimate of drug-likeness (QED) is 0.0583. The highest BCUT2D eigenvalue weighted by Crippen LogP contribution is 2.32. The fraction of sp³-hybridized carbons (Fsp3) is 1.00. The molecule has 0 heterocycles. The maximum atomic E-state index is 6.64. The molecule has 3 fully saturated rings. The topological polar surface area (TPSA) is 79.4 Å². The van der Waals surface area contributed by atoms with E-state index in [-0.39, 0.29) is 12.2 Å². The Morgan fingerprint density at radius 1 is 0.245 bits per heavy atom. The zero-order valence-electron chi connectivity index (χ0n) is 71.0. The summed E-state index contributed by atoms with van der Waals surface area (Å²) in [4.78, 5) is 0. The Hall–Kier alpha value is -0.320. The minimum atomic E-state index is 0.163. The molecule has 3 rings (SSSR count). The molecular weight excluding hydrogens is 1250 g/mol. The smallest absolute Gasteiger partial charge is 0.0932 e. The monoisotopic (exact) mass is 1440 g/mol. The van der Waals surface area contributed by atoms with Gasteiger partial charge in [0.2, 0.25) is 0 Å². The van der Waals surface area contributed by atoms with Crippen LogP contribution in [0.3, 0.4) is 0 Å². The first-order chi connectivity index (χ1) is 49.8. The van der Waals surface area contributed by atoms with Gasteiger partial charge in [0.1, 0.15) is 0 Å². The van der Waals surface area contributed by atoms with Gasteiger partial charge in [-0.05, 0) is 143 Å². The van der Waals surface area contributed by atoms with E-state index in [0.29, 0.717) is 12.1 Å². The van der Waals surface area contributed by atoms with Crippen molar-refractivity contribution in [1.29, 1.82) is 0 Å². The third-order valence-electron chi connectivity index (χ3n) is 24.8. The van der Waals surface area contributed by atoms with Gasteiger partial charge < -0.3 is 39.1 Å². The summed E-state index contributed by atoms with van der Waals surface area (Å²) in [5.74, 6) is 8.18. The summed E-state index contributed by atoms with van der Waals surface area (Å²) in [5.41, 5.74) is 0. The standard InChI is InChI=1S/C94H186N2O6/c1-81(2)48-42-50-83(5)52-44-54-85(7)56-46-58-87(9)66-72-101-93(75-95-91-60-34-26-19-20-27-35-61-91)79-99-70-40-32-23-17-13-11-15-21-30-38-68-97-77-89-64-65-90(74-89)78-98-69-39-31-22-16-12-14-18-24-33-41-71-100-80-94(76-96-92-62-36-28-25-29-37-63-92)102-73-67-88(10)59-47-57-86(8)55-45-53-84(6)51-43-49-82(3)4/h81-96H,11-80H2,1-10H3/t83-,84-,85-,86-,87?,88?,89+,90-,93+,94-/m1/s1. The van der Waals surface area contributed by atoms with Gasteiger partial charge in [-0.3, -0.25) is 0 Å². The molecule has 0 radical (unpaired) electrons. The molecule has 3 aliphatic rings. The second-order valence-corrected chi connectivity index (χ2v) is 36.7. The van der Waals surface area contributed by atoms with Crippen molar-refractivity contribution < 1.29 is 28.4 Å². The molecule has 8 nitrogen and oxygen atoms in total. The molecular formula is C94H186N2O6. The van der Waals surface area contributed by atoms with Crippen LogP contribution in [0.5, 0.6) is 0 Å². The Bertz CT molecular complexity index is 1680. The van der Waals surface area contributed by atoms with E-state index in [1.54, 1.807) is 0 Å². The maximum Gasteiger partial charge on any atom is 0.0932 e. The van der Waals surface area contributed by atoms with Crippen LogP contribution in [0.1, 0.15) is 442 Å². The largest absolute Gasteiger partial charge is 0.381 e. The van der Waals surface area contributed by atoms with Gasteiger partial charge in [-0.25, -0.2) is 0 Å². The SMILES string of the molecule is CC(C)CCC[C@@H](C)CCC[C@@H](C)CCCC(C)CCO[C@H](CNC1CCCCCCC1)COCCCCCCCCCCCCOC[C@@H]1CC[C@H](COCCCCCCCCCCCCOC[C@H](CNC2CCCCCCCC2)OCCC(C)CCC[C@H](C)CCC[C@H](C)CCCC(C)C)C1. The summed E-state index contributed by atoms with van der Waals surface area (Å²) in [6.45, 7) is 35.0. The molecule has 3 saturated carbocycles. The lowest BCUT2D eigenvalue weighted by molar-refractivity contribution is -0.0216. The summed E-state index contributed by atoms with van der Waals surface area (Å²) >= 11 is 0. The number of unbranched alkanes of at least 4 members (excludes halogenated alkanes) is 18. The van der Waals surface area contributed by atoms with E-state index in [9.17, 15) is 0 Å². The second kappa shape index (κ2) is 69.8. The molecule has 102 heavy (non-hydrogen) atoms. The van der Waals surface area contributed by atoms with Gasteiger partial charge in [-0.15, -0.1) is 0 Å². The minimum Gasteiger partial charge on any atom is -0.381 e. The van der Waals surface area contributed by atoms with Crippen LogP contribution in [0.25, 0.3) is 0 Å². The van der Waals surface area contributed by atoms with Crippen molar-refractivity contribution in [3.8, 4) is 0 Å². The molecule has 0 aromatic carbocycles. The zero-order valence-corrected chi connectivity index (χ0v) is 71.0. The van der Waals surface area contributed by atoms with Gasteiger partial charge >= 0.3 is 0 Å². The van der Waals surface area contributed by atoms with Crippen LogP contribution < -0.4 is 10.6 Å². The molecule has 8 heteroatoms. The van der Waals surface area contributed by atoms with Gasteiger partial charge in [-0.2, -0.15) is 0 Å². The highest BCUT2D eigenvalue weighted by atomic mass is 16.5. The summed E-state index contributed by atoms with van der Waals surface area (Å²) in [5, 5.41) is 7.91. The fourth-order valence-electron chi connectivity index (χ4n) is 17.2. The van der Waals surface area contributed by atoms with E-state index in [0.717, 1.165) is 138 Å². The molecule has 0 aliphatic heterocycles. The minimum absolute atomic E-state index is 0.163. The van der Waals surface area contributed by atoms with E-state index in [1.807, 2.05) is 0 Å². The van der Waals surface area contributed by atoms with E-state index in [2.05, 4.69) is 79.9 Å². The lowest BCUT2D eigenvalue weighted by atomic mass is 9.91. The van der Waals surface area contributed by atoms with Crippen LogP contribution in [0, 0.1) is 59.2 Å². The zero-order chi connectivity index (χ0) is 73.2. The molecule has 0 aromatic rings. The van der Waals surface area contributed by atoms with Crippen molar-refractivity contribution in [3.05, 3.63) is 0 Å². The van der Waals surface area contributed by atoms with E-state index in [1.165, 1.54) is 372 Å². The molecule has 10 atom stereocenters. The molecule has 0 amide bonds. The Morgan fingerprint density at radius 2 is 0.490 bits per heavy atom. The van der Waals surface area contributed by atoms with Crippen molar-refractivity contribution in [2.24, 2.45) is 59.2 Å². The average Bonchev–Trinajstić information content (AvgIpc) is 1.80. The molecule has 608 valence electrons. The predicted molar refractivity (Wildman–Crippen MR) is 446 cm³/mol. The average molecular weight is 1440 g/mol. The fourth-order valence-corrected chi connectivity index (χ4v) is 17.2. The van der Waals surface area contributed by atoms with Crippen molar-refractivity contribution >= 4 is 0 Å². The molecule has 0 spiro atoms. The Kier molecular flexibility index (Phi) is 65.7. The van der Waals surface area contributed by atoms with E-state index in [4.69, 9.17) is 28.4 Å². The normalized spacial score (nSPS) is 19.5. The molecule has 2 N–H and O–H groups in total. The van der Waals surface area contributed by atoms with Gasteiger partial charge in [-0.1, -0.05) is 358 Å². The van der Waals surface area contributed by atoms with Crippen molar-refractivity contribution in [2.45, 2.75) is 466 Å². The Morgan fingerprint density at radius 3 is 0.775 bits per heavy atom. The molecule has 0 bridgehead atoms. The van der Waals surface area contributed by atoms with Crippen LogP contribution >= 0.6 is 0 Å². The number of hydrogen-bond acceptors (Lipinski definition) is 8. The highest BCUT2D eigenvalue weighted by molar-refractivity contribution is 4.77. The second-order valence-electron chi connectivity index (χ2n) is 36.7. The van der Waals surface area contributed by atoms with Crippen LogP contribution in [0.4, 0.5) is 0 Å². The first-order valence-corrected chi connectivity index (χ1v) is 46.8. The summed E-state index contributed by atoms with van der Waals surface area (Å²) in [6.07, 6.45) is 78.9. The summed E-state index contributed by atoms with van der Waals surface area (Å²) < 4.78 is 38.4.